The minimum absolute atomic E-state index is 0.350. The maximum atomic E-state index is 10.8. The van der Waals surface area contributed by atoms with Gasteiger partial charge in [-0.3, -0.25) is 0 Å². The van der Waals surface area contributed by atoms with Gasteiger partial charge in [0.1, 0.15) is 0 Å². The van der Waals surface area contributed by atoms with Gasteiger partial charge in [-0.25, -0.2) is 0 Å². The van der Waals surface area contributed by atoms with Crippen LogP contribution in [0.5, 0.6) is 0 Å². The lowest BCUT2D eigenvalue weighted by Crippen LogP contribution is -2.66. The van der Waals surface area contributed by atoms with E-state index in [0.717, 1.165) is 51.1 Å². The highest BCUT2D eigenvalue weighted by molar-refractivity contribution is 5.19. The summed E-state index contributed by atoms with van der Waals surface area (Å²) in [6, 6.07) is 0. The Morgan fingerprint density at radius 1 is 1.39 bits per heavy atom. The molecule has 2 heterocycles. The fourth-order valence-corrected chi connectivity index (χ4v) is 4.12. The summed E-state index contributed by atoms with van der Waals surface area (Å²) in [6.45, 7) is 10.3. The zero-order chi connectivity index (χ0) is 17.0. The highest BCUT2D eigenvalue weighted by atomic mass is 16.3. The highest BCUT2D eigenvalue weighted by Crippen LogP contribution is 2.35. The van der Waals surface area contributed by atoms with Crippen LogP contribution >= 0.6 is 0 Å². The molecule has 2 rings (SSSR count). The van der Waals surface area contributed by atoms with Gasteiger partial charge in [-0.1, -0.05) is 26.8 Å². The molecule has 0 aromatic rings. The monoisotopic (exact) mass is 321 g/mol. The van der Waals surface area contributed by atoms with Gasteiger partial charge < -0.3 is 20.6 Å². The standard InChI is InChI=1S/C19H35N3O/c1-5-16(15(2)3)8-9-18(11-20)22-10-6-7-17(12-22)19(23)13-21(4)14-19/h8-9,11,15-17,23H,5-7,10,12-14,20H2,1-4H3/b9-8-,18-11+. The lowest BCUT2D eigenvalue weighted by molar-refractivity contribution is -0.137. The molecule has 0 bridgehead atoms. The Morgan fingerprint density at radius 3 is 2.61 bits per heavy atom. The van der Waals surface area contributed by atoms with Crippen LogP contribution in [0.2, 0.25) is 0 Å². The van der Waals surface area contributed by atoms with Crippen molar-refractivity contribution in [1.29, 1.82) is 0 Å². The Balaban J connectivity index is 2.00. The highest BCUT2D eigenvalue weighted by Gasteiger charge is 2.46. The maximum absolute atomic E-state index is 10.8. The van der Waals surface area contributed by atoms with Gasteiger partial charge in [-0.15, -0.1) is 0 Å². The van der Waals surface area contributed by atoms with Gasteiger partial charge in [0.05, 0.1) is 11.3 Å². The Morgan fingerprint density at radius 2 is 2.09 bits per heavy atom. The molecule has 3 N–H and O–H groups in total. The molecule has 2 fully saturated rings. The second-order valence-electron chi connectivity index (χ2n) is 7.83. The van der Waals surface area contributed by atoms with Gasteiger partial charge in [0.25, 0.3) is 0 Å². The summed E-state index contributed by atoms with van der Waals surface area (Å²) < 4.78 is 0. The number of hydrogen-bond acceptors (Lipinski definition) is 4. The molecule has 23 heavy (non-hydrogen) atoms. The van der Waals surface area contributed by atoms with Crippen LogP contribution in [0.4, 0.5) is 0 Å². The molecule has 4 heteroatoms. The first-order valence-corrected chi connectivity index (χ1v) is 9.15. The molecule has 0 aromatic heterocycles. The van der Waals surface area contributed by atoms with E-state index in [9.17, 15) is 5.11 Å². The van der Waals surface area contributed by atoms with Crippen LogP contribution in [0.1, 0.15) is 40.0 Å². The van der Waals surface area contributed by atoms with Crippen LogP contribution in [0.25, 0.3) is 0 Å². The van der Waals surface area contributed by atoms with Crippen molar-refractivity contribution >= 4 is 0 Å². The zero-order valence-electron chi connectivity index (χ0n) is 15.3. The molecule has 2 saturated heterocycles. The van der Waals surface area contributed by atoms with Gasteiger partial charge in [-0.05, 0) is 44.2 Å². The summed E-state index contributed by atoms with van der Waals surface area (Å²) >= 11 is 0. The number of nitrogens with zero attached hydrogens (tertiary/aromatic N) is 2. The van der Waals surface area contributed by atoms with E-state index in [2.05, 4.69) is 49.8 Å². The SMILES string of the molecule is CCC(/C=C\C(=C/N)N1CCCC(C2(O)CN(C)C2)C1)C(C)C. The summed E-state index contributed by atoms with van der Waals surface area (Å²) in [4.78, 5) is 4.54. The second kappa shape index (κ2) is 7.71. The second-order valence-corrected chi connectivity index (χ2v) is 7.83. The van der Waals surface area contributed by atoms with Gasteiger partial charge in [0, 0.05) is 38.3 Å². The Bertz CT molecular complexity index is 438. The maximum Gasteiger partial charge on any atom is 0.0944 e. The number of piperidine rings is 1. The van der Waals surface area contributed by atoms with E-state index >= 15 is 0 Å². The molecule has 2 unspecified atom stereocenters. The van der Waals surface area contributed by atoms with Crippen LogP contribution in [0.15, 0.2) is 24.0 Å². The smallest absolute Gasteiger partial charge is 0.0944 e. The first-order valence-electron chi connectivity index (χ1n) is 9.15. The number of hydrogen-bond donors (Lipinski definition) is 2. The van der Waals surface area contributed by atoms with Crippen molar-refractivity contribution in [3.63, 3.8) is 0 Å². The van der Waals surface area contributed by atoms with Crippen LogP contribution < -0.4 is 5.73 Å². The lowest BCUT2D eigenvalue weighted by atomic mass is 9.76. The van der Waals surface area contributed by atoms with Crippen molar-refractivity contribution in [2.24, 2.45) is 23.5 Å². The average molecular weight is 322 g/mol. The lowest BCUT2D eigenvalue weighted by Gasteiger charge is -2.52. The molecule has 2 aliphatic rings. The molecule has 0 radical (unpaired) electrons. The molecule has 0 aliphatic carbocycles. The van der Waals surface area contributed by atoms with E-state index in [1.807, 2.05) is 0 Å². The largest absolute Gasteiger partial charge is 0.403 e. The molecule has 4 nitrogen and oxygen atoms in total. The van der Waals surface area contributed by atoms with E-state index in [1.165, 1.54) is 0 Å². The molecule has 0 aromatic carbocycles. The topological polar surface area (TPSA) is 52.7 Å². The number of nitrogens with two attached hydrogens (primary N) is 1. The number of aliphatic hydroxyl groups is 1. The Kier molecular flexibility index (Phi) is 6.15. The van der Waals surface area contributed by atoms with Gasteiger partial charge in [-0.2, -0.15) is 0 Å². The summed E-state index contributed by atoms with van der Waals surface area (Å²) in [5.41, 5.74) is 6.51. The van der Waals surface area contributed by atoms with Crippen molar-refractivity contribution in [2.45, 2.75) is 45.6 Å². The van der Waals surface area contributed by atoms with E-state index < -0.39 is 5.60 Å². The van der Waals surface area contributed by atoms with Crippen LogP contribution in [0.3, 0.4) is 0 Å². The molecule has 2 atom stereocenters. The fraction of sp³-hybridized carbons (Fsp3) is 0.789. The van der Waals surface area contributed by atoms with E-state index in [4.69, 9.17) is 5.73 Å². The van der Waals surface area contributed by atoms with Gasteiger partial charge in [0.15, 0.2) is 0 Å². The molecule has 0 spiro atoms. The number of β-amino-alcohol motifs (C(OH)–C–C–N with tert-alkyl or cyclic N) is 1. The summed E-state index contributed by atoms with van der Waals surface area (Å²) in [7, 11) is 2.07. The number of allylic oxidation sites excluding steroid dienone is 2. The quantitative estimate of drug-likeness (QED) is 0.738. The molecular formula is C19H35N3O. The molecule has 132 valence electrons. The molecule has 2 aliphatic heterocycles. The van der Waals surface area contributed by atoms with Gasteiger partial charge >= 0.3 is 0 Å². The van der Waals surface area contributed by atoms with Crippen LogP contribution in [0, 0.1) is 17.8 Å². The minimum atomic E-state index is -0.499. The summed E-state index contributed by atoms with van der Waals surface area (Å²) in [5.74, 6) is 1.59. The van der Waals surface area contributed by atoms with E-state index in [0.29, 0.717) is 17.8 Å². The fourth-order valence-electron chi connectivity index (χ4n) is 4.12. The third kappa shape index (κ3) is 4.30. The third-order valence-electron chi connectivity index (χ3n) is 5.65. The Hall–Kier alpha value is -1.00. The summed E-state index contributed by atoms with van der Waals surface area (Å²) in [6.07, 6.45) is 9.62. The number of likely N-dealkylation sites (tertiary alicyclic amines) is 2. The zero-order valence-corrected chi connectivity index (χ0v) is 15.3. The minimum Gasteiger partial charge on any atom is -0.403 e. The van der Waals surface area contributed by atoms with E-state index in [1.54, 1.807) is 6.20 Å². The first kappa shape index (κ1) is 18.3. The normalized spacial score (nSPS) is 27.5. The predicted octanol–water partition coefficient (Wildman–Crippen LogP) is 2.41. The van der Waals surface area contributed by atoms with Crippen molar-refractivity contribution in [3.05, 3.63) is 24.0 Å². The average Bonchev–Trinajstić information content (AvgIpc) is 2.50. The molecular weight excluding hydrogens is 286 g/mol. The van der Waals surface area contributed by atoms with E-state index in [-0.39, 0.29) is 0 Å². The number of likely N-dealkylation sites (N-methyl/N-ethyl adjacent to an activating group) is 1. The van der Waals surface area contributed by atoms with Crippen molar-refractivity contribution in [3.8, 4) is 0 Å². The van der Waals surface area contributed by atoms with Crippen molar-refractivity contribution < 1.29 is 5.11 Å². The van der Waals surface area contributed by atoms with Crippen molar-refractivity contribution in [2.75, 3.05) is 33.2 Å². The predicted molar refractivity (Wildman–Crippen MR) is 96.8 cm³/mol. The first-order chi connectivity index (χ1) is 10.9. The van der Waals surface area contributed by atoms with Crippen molar-refractivity contribution in [1.82, 2.24) is 9.80 Å². The Labute approximate surface area is 142 Å². The van der Waals surface area contributed by atoms with Crippen LogP contribution in [-0.2, 0) is 0 Å². The third-order valence-corrected chi connectivity index (χ3v) is 5.65. The van der Waals surface area contributed by atoms with Crippen LogP contribution in [-0.4, -0.2) is 53.7 Å². The number of rotatable bonds is 6. The molecule has 0 saturated carbocycles. The molecule has 0 amide bonds. The van der Waals surface area contributed by atoms with Gasteiger partial charge in [0.2, 0.25) is 0 Å². The summed E-state index contributed by atoms with van der Waals surface area (Å²) in [5, 5.41) is 10.8.